The van der Waals surface area contributed by atoms with Gasteiger partial charge in [-0.1, -0.05) is 23.7 Å². The fourth-order valence-electron chi connectivity index (χ4n) is 1.13. The maximum atomic E-state index is 13.6. The Morgan fingerprint density at radius 3 is 2.86 bits per heavy atom. The fourth-order valence-corrected chi connectivity index (χ4v) is 1.61. The molecule has 14 heavy (non-hydrogen) atoms. The minimum absolute atomic E-state index is 0.0713. The van der Waals surface area contributed by atoms with Crippen molar-refractivity contribution < 1.29 is 4.39 Å². The van der Waals surface area contributed by atoms with Crippen LogP contribution in [0.1, 0.15) is 18.0 Å². The summed E-state index contributed by atoms with van der Waals surface area (Å²) in [6.45, 7) is 3.55. The molecule has 1 aromatic carbocycles. The third kappa shape index (κ3) is 2.35. The van der Waals surface area contributed by atoms with Gasteiger partial charge in [0.1, 0.15) is 5.82 Å². The van der Waals surface area contributed by atoms with E-state index in [0.29, 0.717) is 16.5 Å². The zero-order valence-electron chi connectivity index (χ0n) is 7.43. The summed E-state index contributed by atoms with van der Waals surface area (Å²) in [7, 11) is 0. The third-order valence-corrected chi connectivity index (χ3v) is 3.14. The first-order valence-electron chi connectivity index (χ1n) is 4.07. The second-order valence-electron chi connectivity index (χ2n) is 2.90. The Balaban J connectivity index is 3.10. The molecule has 4 heteroatoms. The van der Waals surface area contributed by atoms with Gasteiger partial charge >= 0.3 is 0 Å². The molecule has 1 atom stereocenters. The van der Waals surface area contributed by atoms with Gasteiger partial charge in [0.05, 0.1) is 5.02 Å². The molecule has 0 spiro atoms. The van der Waals surface area contributed by atoms with Crippen LogP contribution in [0.4, 0.5) is 4.39 Å². The third-order valence-electron chi connectivity index (χ3n) is 1.89. The molecule has 2 N–H and O–H groups in total. The van der Waals surface area contributed by atoms with Crippen molar-refractivity contribution in [3.63, 3.8) is 0 Å². The SMILES string of the molecule is C=CCC(N)c1ccc(Br)c(Cl)c1F. The van der Waals surface area contributed by atoms with Crippen molar-refractivity contribution in [2.45, 2.75) is 12.5 Å². The molecule has 1 unspecified atom stereocenters. The highest BCUT2D eigenvalue weighted by Crippen LogP contribution is 2.30. The average molecular weight is 279 g/mol. The lowest BCUT2D eigenvalue weighted by Crippen LogP contribution is -2.11. The van der Waals surface area contributed by atoms with Gasteiger partial charge in [-0.05, 0) is 28.4 Å². The van der Waals surface area contributed by atoms with Crippen LogP contribution >= 0.6 is 27.5 Å². The Kier molecular flexibility index (Phi) is 4.11. The zero-order valence-corrected chi connectivity index (χ0v) is 9.78. The number of hydrogen-bond acceptors (Lipinski definition) is 1. The van der Waals surface area contributed by atoms with Crippen LogP contribution < -0.4 is 5.73 Å². The van der Waals surface area contributed by atoms with Gasteiger partial charge in [-0.25, -0.2) is 4.39 Å². The molecule has 0 heterocycles. The highest BCUT2D eigenvalue weighted by atomic mass is 79.9. The Bertz CT molecular complexity index is 354. The first kappa shape index (κ1) is 11.7. The lowest BCUT2D eigenvalue weighted by Gasteiger charge is -2.12. The van der Waals surface area contributed by atoms with Crippen LogP contribution in [0.15, 0.2) is 29.3 Å². The normalized spacial score (nSPS) is 12.6. The molecule has 0 saturated carbocycles. The molecule has 76 valence electrons. The summed E-state index contributed by atoms with van der Waals surface area (Å²) < 4.78 is 14.1. The highest BCUT2D eigenvalue weighted by molar-refractivity contribution is 9.10. The van der Waals surface area contributed by atoms with E-state index in [0.717, 1.165) is 0 Å². The van der Waals surface area contributed by atoms with Gasteiger partial charge in [0.25, 0.3) is 0 Å². The summed E-state index contributed by atoms with van der Waals surface area (Å²) in [5.74, 6) is -0.463. The number of hydrogen-bond donors (Lipinski definition) is 1. The zero-order chi connectivity index (χ0) is 10.7. The minimum atomic E-state index is -0.463. The van der Waals surface area contributed by atoms with Crippen LogP contribution in [0.25, 0.3) is 0 Å². The van der Waals surface area contributed by atoms with Crippen molar-refractivity contribution in [1.29, 1.82) is 0 Å². The molecule has 0 radical (unpaired) electrons. The van der Waals surface area contributed by atoms with Crippen LogP contribution in [0.5, 0.6) is 0 Å². The molecule has 0 fully saturated rings. The van der Waals surface area contributed by atoms with E-state index in [1.165, 1.54) is 0 Å². The van der Waals surface area contributed by atoms with Gasteiger partial charge in [-0.3, -0.25) is 0 Å². The van der Waals surface area contributed by atoms with Crippen LogP contribution in [-0.4, -0.2) is 0 Å². The van der Waals surface area contributed by atoms with E-state index >= 15 is 0 Å². The van der Waals surface area contributed by atoms with E-state index < -0.39 is 11.9 Å². The maximum absolute atomic E-state index is 13.6. The molecule has 1 aromatic rings. The van der Waals surface area contributed by atoms with Crippen molar-refractivity contribution in [1.82, 2.24) is 0 Å². The minimum Gasteiger partial charge on any atom is -0.324 e. The van der Waals surface area contributed by atoms with Crippen LogP contribution in [0, 0.1) is 5.82 Å². The monoisotopic (exact) mass is 277 g/mol. The standard InChI is InChI=1S/C10H10BrClFN/c1-2-3-8(14)6-4-5-7(11)9(12)10(6)13/h2,4-5,8H,1,3,14H2. The first-order chi connectivity index (χ1) is 6.57. The van der Waals surface area contributed by atoms with Gasteiger partial charge in [-0.2, -0.15) is 0 Å². The summed E-state index contributed by atoms with van der Waals surface area (Å²) >= 11 is 8.86. The average Bonchev–Trinajstić information content (AvgIpc) is 2.15. The maximum Gasteiger partial charge on any atom is 0.147 e. The van der Waals surface area contributed by atoms with E-state index in [1.807, 2.05) is 0 Å². The number of halogens is 3. The van der Waals surface area contributed by atoms with E-state index in [1.54, 1.807) is 18.2 Å². The van der Waals surface area contributed by atoms with Gasteiger partial charge in [0, 0.05) is 16.1 Å². The summed E-state index contributed by atoms with van der Waals surface area (Å²) in [6.07, 6.45) is 2.18. The Labute approximate surface area is 95.9 Å². The fraction of sp³-hybridized carbons (Fsp3) is 0.200. The summed E-state index contributed by atoms with van der Waals surface area (Å²) in [6, 6.07) is 2.92. The molecule has 0 aliphatic rings. The predicted molar refractivity (Wildman–Crippen MR) is 60.9 cm³/mol. The second kappa shape index (κ2) is 4.91. The van der Waals surface area contributed by atoms with Gasteiger partial charge in [0.15, 0.2) is 0 Å². The summed E-state index contributed by atoms with van der Waals surface area (Å²) in [5, 5.41) is 0.0713. The molecule has 0 aliphatic heterocycles. The van der Waals surface area contributed by atoms with E-state index in [4.69, 9.17) is 17.3 Å². The topological polar surface area (TPSA) is 26.0 Å². The molecule has 0 bridgehead atoms. The van der Waals surface area contributed by atoms with E-state index in [-0.39, 0.29) is 5.02 Å². The van der Waals surface area contributed by atoms with Crippen LogP contribution in [-0.2, 0) is 0 Å². The largest absolute Gasteiger partial charge is 0.324 e. The van der Waals surface area contributed by atoms with Gasteiger partial charge in [0.2, 0.25) is 0 Å². The Morgan fingerprint density at radius 2 is 2.29 bits per heavy atom. The quantitative estimate of drug-likeness (QED) is 0.660. The summed E-state index contributed by atoms with van der Waals surface area (Å²) in [4.78, 5) is 0. The van der Waals surface area contributed by atoms with E-state index in [2.05, 4.69) is 22.5 Å². The lowest BCUT2D eigenvalue weighted by molar-refractivity contribution is 0.583. The molecule has 1 nitrogen and oxygen atoms in total. The molecule has 0 amide bonds. The van der Waals surface area contributed by atoms with Crippen LogP contribution in [0.3, 0.4) is 0 Å². The highest BCUT2D eigenvalue weighted by Gasteiger charge is 2.14. The Hall–Kier alpha value is -0.380. The van der Waals surface area contributed by atoms with Crippen molar-refractivity contribution in [2.75, 3.05) is 0 Å². The van der Waals surface area contributed by atoms with Gasteiger partial charge < -0.3 is 5.73 Å². The van der Waals surface area contributed by atoms with Crippen molar-refractivity contribution in [3.05, 3.63) is 45.7 Å². The van der Waals surface area contributed by atoms with Crippen molar-refractivity contribution >= 4 is 27.5 Å². The smallest absolute Gasteiger partial charge is 0.147 e. The molecule has 1 rings (SSSR count). The molecular weight excluding hydrogens is 268 g/mol. The van der Waals surface area contributed by atoms with Crippen molar-refractivity contribution in [2.24, 2.45) is 5.73 Å². The molecular formula is C10H10BrClFN. The number of benzene rings is 1. The molecule has 0 aromatic heterocycles. The van der Waals surface area contributed by atoms with E-state index in [9.17, 15) is 4.39 Å². The molecule has 0 aliphatic carbocycles. The first-order valence-corrected chi connectivity index (χ1v) is 5.25. The number of nitrogens with two attached hydrogens (primary N) is 1. The Morgan fingerprint density at radius 1 is 1.64 bits per heavy atom. The summed E-state index contributed by atoms with van der Waals surface area (Å²) in [5.41, 5.74) is 6.16. The van der Waals surface area contributed by atoms with Crippen molar-refractivity contribution in [3.8, 4) is 0 Å². The second-order valence-corrected chi connectivity index (χ2v) is 4.13. The number of rotatable bonds is 3. The van der Waals surface area contributed by atoms with Crippen LogP contribution in [0.2, 0.25) is 5.02 Å². The van der Waals surface area contributed by atoms with Gasteiger partial charge in [-0.15, -0.1) is 6.58 Å². The predicted octanol–water partition coefficient (Wildman–Crippen LogP) is 3.82. The molecule has 0 saturated heterocycles. The lowest BCUT2D eigenvalue weighted by atomic mass is 10.0.